The number of ether oxygens (including phenoxy) is 1. The topological polar surface area (TPSA) is 68.5 Å². The van der Waals surface area contributed by atoms with Gasteiger partial charge < -0.3 is 14.2 Å². The van der Waals surface area contributed by atoms with Crippen LogP contribution in [0.3, 0.4) is 0 Å². The Balaban J connectivity index is 1.78. The largest absolute Gasteiger partial charge is 0.372 e. The second kappa shape index (κ2) is 5.29. The normalized spacial score (nSPS) is 17.7. The number of carbonyl (C=O) groups excluding carboxylic acids is 1. The smallest absolute Gasteiger partial charge is 0.276 e. The molecular formula is C15H17N3O3. The Morgan fingerprint density at radius 1 is 1.43 bits per heavy atom. The molecule has 2 aromatic heterocycles. The van der Waals surface area contributed by atoms with E-state index in [0.29, 0.717) is 31.2 Å². The summed E-state index contributed by atoms with van der Waals surface area (Å²) < 4.78 is 10.9. The average Bonchev–Trinajstić information content (AvgIpc) is 2.96. The molecule has 1 aliphatic rings. The second-order valence-electron chi connectivity index (χ2n) is 5.65. The SMILES string of the molecule is CC1(C)CN(C(=O)c2cc(-c3cccnc3)on2)CCO1. The monoisotopic (exact) mass is 287 g/mol. The van der Waals surface area contributed by atoms with Gasteiger partial charge in [0.15, 0.2) is 11.5 Å². The van der Waals surface area contributed by atoms with Gasteiger partial charge in [0.2, 0.25) is 0 Å². The van der Waals surface area contributed by atoms with E-state index in [2.05, 4.69) is 10.1 Å². The molecule has 3 heterocycles. The van der Waals surface area contributed by atoms with Crippen LogP contribution in [-0.4, -0.2) is 46.2 Å². The standard InChI is InChI=1S/C15H17N3O3/c1-15(2)10-18(6-7-20-15)14(19)12-8-13(21-17-12)11-4-3-5-16-9-11/h3-5,8-9H,6-7,10H2,1-2H3. The molecule has 1 fully saturated rings. The Hall–Kier alpha value is -2.21. The van der Waals surface area contributed by atoms with Crippen LogP contribution >= 0.6 is 0 Å². The van der Waals surface area contributed by atoms with Gasteiger partial charge >= 0.3 is 0 Å². The molecule has 6 nitrogen and oxygen atoms in total. The predicted molar refractivity (Wildman–Crippen MR) is 75.7 cm³/mol. The highest BCUT2D eigenvalue weighted by atomic mass is 16.5. The summed E-state index contributed by atoms with van der Waals surface area (Å²) in [5.74, 6) is 0.407. The van der Waals surface area contributed by atoms with Crippen molar-refractivity contribution >= 4 is 5.91 Å². The zero-order valence-electron chi connectivity index (χ0n) is 12.1. The predicted octanol–water partition coefficient (Wildman–Crippen LogP) is 1.99. The van der Waals surface area contributed by atoms with Crippen LogP contribution in [0.4, 0.5) is 0 Å². The van der Waals surface area contributed by atoms with Crippen molar-refractivity contribution in [1.82, 2.24) is 15.0 Å². The van der Waals surface area contributed by atoms with Crippen molar-refractivity contribution < 1.29 is 14.1 Å². The van der Waals surface area contributed by atoms with Crippen LogP contribution < -0.4 is 0 Å². The molecule has 110 valence electrons. The third-order valence-electron chi connectivity index (χ3n) is 3.39. The summed E-state index contributed by atoms with van der Waals surface area (Å²) in [5.41, 5.74) is 0.780. The number of aromatic nitrogens is 2. The third-order valence-corrected chi connectivity index (χ3v) is 3.39. The van der Waals surface area contributed by atoms with E-state index in [4.69, 9.17) is 9.26 Å². The number of rotatable bonds is 2. The Morgan fingerprint density at radius 2 is 2.29 bits per heavy atom. The molecule has 3 rings (SSSR count). The van der Waals surface area contributed by atoms with Crippen molar-refractivity contribution in [2.24, 2.45) is 0 Å². The molecular weight excluding hydrogens is 270 g/mol. The molecule has 0 N–H and O–H groups in total. The van der Waals surface area contributed by atoms with E-state index < -0.39 is 0 Å². The molecule has 1 amide bonds. The van der Waals surface area contributed by atoms with Crippen molar-refractivity contribution in [3.05, 3.63) is 36.3 Å². The van der Waals surface area contributed by atoms with Crippen molar-refractivity contribution in [1.29, 1.82) is 0 Å². The maximum atomic E-state index is 12.5. The number of hydrogen-bond donors (Lipinski definition) is 0. The molecule has 0 aromatic carbocycles. The fraction of sp³-hybridized carbons (Fsp3) is 0.400. The number of carbonyl (C=O) groups is 1. The lowest BCUT2D eigenvalue weighted by molar-refractivity contribution is -0.0765. The third kappa shape index (κ3) is 2.95. The Kier molecular flexibility index (Phi) is 3.47. The van der Waals surface area contributed by atoms with Crippen LogP contribution in [0, 0.1) is 0 Å². The molecule has 1 saturated heterocycles. The van der Waals surface area contributed by atoms with E-state index in [1.165, 1.54) is 0 Å². The lowest BCUT2D eigenvalue weighted by atomic mass is 10.1. The van der Waals surface area contributed by atoms with Gasteiger partial charge in [-0.15, -0.1) is 0 Å². The zero-order chi connectivity index (χ0) is 14.9. The molecule has 6 heteroatoms. The van der Waals surface area contributed by atoms with Crippen LogP contribution in [0.2, 0.25) is 0 Å². The van der Waals surface area contributed by atoms with E-state index in [-0.39, 0.29) is 11.5 Å². The molecule has 0 radical (unpaired) electrons. The number of amides is 1. The van der Waals surface area contributed by atoms with Gasteiger partial charge in [0, 0.05) is 37.1 Å². The van der Waals surface area contributed by atoms with Gasteiger partial charge in [-0.3, -0.25) is 9.78 Å². The Labute approximate surface area is 122 Å². The van der Waals surface area contributed by atoms with E-state index in [0.717, 1.165) is 5.56 Å². The summed E-state index contributed by atoms with van der Waals surface area (Å²) in [7, 11) is 0. The minimum Gasteiger partial charge on any atom is -0.372 e. The number of hydrogen-bond acceptors (Lipinski definition) is 5. The molecule has 0 bridgehead atoms. The molecule has 0 atom stereocenters. The highest BCUT2D eigenvalue weighted by Gasteiger charge is 2.31. The van der Waals surface area contributed by atoms with Crippen molar-refractivity contribution in [3.8, 4) is 11.3 Å². The maximum absolute atomic E-state index is 12.5. The number of pyridine rings is 1. The van der Waals surface area contributed by atoms with E-state index >= 15 is 0 Å². The van der Waals surface area contributed by atoms with Gasteiger partial charge in [0.05, 0.1) is 12.2 Å². The molecule has 21 heavy (non-hydrogen) atoms. The molecule has 0 unspecified atom stereocenters. The van der Waals surface area contributed by atoms with Gasteiger partial charge in [0.1, 0.15) is 0 Å². The molecule has 2 aromatic rings. The first kappa shape index (κ1) is 13.8. The summed E-state index contributed by atoms with van der Waals surface area (Å²) in [5, 5.41) is 3.88. The average molecular weight is 287 g/mol. The van der Waals surface area contributed by atoms with Gasteiger partial charge in [-0.1, -0.05) is 5.16 Å². The van der Waals surface area contributed by atoms with Crippen molar-refractivity contribution in [2.75, 3.05) is 19.7 Å². The van der Waals surface area contributed by atoms with Crippen LogP contribution in [0.1, 0.15) is 24.3 Å². The summed E-state index contributed by atoms with van der Waals surface area (Å²) in [6.45, 7) is 5.58. The zero-order valence-corrected chi connectivity index (χ0v) is 12.1. The Morgan fingerprint density at radius 3 is 3.00 bits per heavy atom. The maximum Gasteiger partial charge on any atom is 0.276 e. The van der Waals surface area contributed by atoms with Crippen molar-refractivity contribution in [3.63, 3.8) is 0 Å². The van der Waals surface area contributed by atoms with Crippen LogP contribution in [-0.2, 0) is 4.74 Å². The first-order valence-corrected chi connectivity index (χ1v) is 6.85. The Bertz CT molecular complexity index is 637. The second-order valence-corrected chi connectivity index (χ2v) is 5.65. The highest BCUT2D eigenvalue weighted by molar-refractivity contribution is 5.93. The van der Waals surface area contributed by atoms with E-state index in [1.54, 1.807) is 23.4 Å². The lowest BCUT2D eigenvalue weighted by Gasteiger charge is -2.37. The van der Waals surface area contributed by atoms with Gasteiger partial charge in [-0.25, -0.2) is 0 Å². The van der Waals surface area contributed by atoms with Crippen molar-refractivity contribution in [2.45, 2.75) is 19.4 Å². The number of nitrogens with zero attached hydrogens (tertiary/aromatic N) is 3. The van der Waals surface area contributed by atoms with Gasteiger partial charge in [-0.2, -0.15) is 0 Å². The van der Waals surface area contributed by atoms with Crippen LogP contribution in [0.15, 0.2) is 35.1 Å². The van der Waals surface area contributed by atoms with E-state index in [9.17, 15) is 4.79 Å². The molecule has 0 aliphatic carbocycles. The first-order chi connectivity index (χ1) is 10.1. The summed E-state index contributed by atoms with van der Waals surface area (Å²) in [6, 6.07) is 5.32. The summed E-state index contributed by atoms with van der Waals surface area (Å²) in [4.78, 5) is 18.2. The summed E-state index contributed by atoms with van der Waals surface area (Å²) in [6.07, 6.45) is 3.36. The summed E-state index contributed by atoms with van der Waals surface area (Å²) >= 11 is 0. The van der Waals surface area contributed by atoms with Gasteiger partial charge in [0.25, 0.3) is 5.91 Å². The lowest BCUT2D eigenvalue weighted by Crippen LogP contribution is -2.50. The minimum absolute atomic E-state index is 0.134. The van der Waals surface area contributed by atoms with Crippen LogP contribution in [0.5, 0.6) is 0 Å². The van der Waals surface area contributed by atoms with Gasteiger partial charge in [-0.05, 0) is 26.0 Å². The molecule has 0 saturated carbocycles. The van der Waals surface area contributed by atoms with E-state index in [1.807, 2.05) is 26.0 Å². The molecule has 1 aliphatic heterocycles. The molecule has 0 spiro atoms. The fourth-order valence-electron chi connectivity index (χ4n) is 2.37. The number of morpholine rings is 1. The van der Waals surface area contributed by atoms with Crippen LogP contribution in [0.25, 0.3) is 11.3 Å². The first-order valence-electron chi connectivity index (χ1n) is 6.85. The highest BCUT2D eigenvalue weighted by Crippen LogP contribution is 2.22. The fourth-order valence-corrected chi connectivity index (χ4v) is 2.37. The minimum atomic E-state index is -0.330. The quantitative estimate of drug-likeness (QED) is 0.845.